The molecular formula is C24H52BrNO. The fourth-order valence-electron chi connectivity index (χ4n) is 3.49. The van der Waals surface area contributed by atoms with E-state index in [1.165, 1.54) is 128 Å². The number of hydrogen-bond acceptors (Lipinski definition) is 2. The van der Waals surface area contributed by atoms with Gasteiger partial charge in [0.2, 0.25) is 0 Å². The maximum atomic E-state index is 5.54. The first kappa shape index (κ1) is 29.6. The summed E-state index contributed by atoms with van der Waals surface area (Å²) in [6.45, 7) is 6.48. The van der Waals surface area contributed by atoms with Crippen molar-refractivity contribution in [2.75, 3.05) is 13.2 Å². The third-order valence-electron chi connectivity index (χ3n) is 5.33. The molecule has 166 valence electrons. The average molecular weight is 451 g/mol. The molecule has 0 fully saturated rings. The van der Waals surface area contributed by atoms with Crippen molar-refractivity contribution in [3.63, 3.8) is 0 Å². The van der Waals surface area contributed by atoms with E-state index in [-0.39, 0.29) is 17.0 Å². The van der Waals surface area contributed by atoms with E-state index in [0.29, 0.717) is 0 Å². The average Bonchev–Trinajstić information content (AvgIpc) is 2.66. The molecule has 27 heavy (non-hydrogen) atoms. The molecule has 0 saturated heterocycles. The van der Waals surface area contributed by atoms with Crippen LogP contribution in [0.5, 0.6) is 0 Å². The van der Waals surface area contributed by atoms with Crippen LogP contribution < -0.4 is 5.48 Å². The van der Waals surface area contributed by atoms with Crippen LogP contribution in [0.2, 0.25) is 0 Å². The van der Waals surface area contributed by atoms with Crippen molar-refractivity contribution in [1.29, 1.82) is 0 Å². The van der Waals surface area contributed by atoms with Crippen LogP contribution in [0.4, 0.5) is 0 Å². The third kappa shape index (κ3) is 28.7. The Kier molecular flexibility index (Phi) is 31.4. The Labute approximate surface area is 182 Å². The Morgan fingerprint density at radius 2 is 0.778 bits per heavy atom. The number of unbranched alkanes of at least 4 members (excludes halogenated alkanes) is 18. The van der Waals surface area contributed by atoms with Gasteiger partial charge in [0.1, 0.15) is 0 Å². The minimum Gasteiger partial charge on any atom is -0.302 e. The zero-order valence-corrected chi connectivity index (χ0v) is 20.6. The van der Waals surface area contributed by atoms with Crippen LogP contribution in [-0.4, -0.2) is 13.2 Å². The molecule has 0 unspecified atom stereocenters. The topological polar surface area (TPSA) is 21.3 Å². The second-order valence-electron chi connectivity index (χ2n) is 8.11. The Bertz CT molecular complexity index is 214. The summed E-state index contributed by atoms with van der Waals surface area (Å²) in [7, 11) is 0. The van der Waals surface area contributed by atoms with Crippen LogP contribution in [0.1, 0.15) is 142 Å². The number of halogens is 1. The van der Waals surface area contributed by atoms with Gasteiger partial charge in [-0.3, -0.25) is 0 Å². The van der Waals surface area contributed by atoms with Gasteiger partial charge in [-0.05, 0) is 12.8 Å². The molecule has 0 heterocycles. The number of hydroxylamine groups is 1. The molecule has 0 aliphatic rings. The van der Waals surface area contributed by atoms with E-state index in [2.05, 4.69) is 19.3 Å². The van der Waals surface area contributed by atoms with Gasteiger partial charge in [-0.15, -0.1) is 17.0 Å². The van der Waals surface area contributed by atoms with Crippen LogP contribution >= 0.6 is 17.0 Å². The van der Waals surface area contributed by atoms with Crippen LogP contribution in [0.3, 0.4) is 0 Å². The molecule has 0 aliphatic heterocycles. The summed E-state index contributed by atoms with van der Waals surface area (Å²) in [5, 5.41) is 0. The zero-order valence-electron chi connectivity index (χ0n) is 18.9. The quantitative estimate of drug-likeness (QED) is 0.124. The molecule has 0 saturated carbocycles. The molecule has 0 spiro atoms. The van der Waals surface area contributed by atoms with Gasteiger partial charge in [-0.1, -0.05) is 129 Å². The van der Waals surface area contributed by atoms with E-state index in [1.54, 1.807) is 0 Å². The molecule has 0 amide bonds. The van der Waals surface area contributed by atoms with Crippen molar-refractivity contribution >= 4 is 17.0 Å². The summed E-state index contributed by atoms with van der Waals surface area (Å²) in [6, 6.07) is 0. The molecule has 0 aliphatic carbocycles. The minimum atomic E-state index is 0. The first-order chi connectivity index (χ1) is 12.9. The summed E-state index contributed by atoms with van der Waals surface area (Å²) >= 11 is 0. The zero-order chi connectivity index (χ0) is 19.0. The van der Waals surface area contributed by atoms with Gasteiger partial charge in [-0.2, -0.15) is 0 Å². The highest BCUT2D eigenvalue weighted by Gasteiger charge is 1.95. The Balaban J connectivity index is 0. The predicted molar refractivity (Wildman–Crippen MR) is 128 cm³/mol. The highest BCUT2D eigenvalue weighted by Crippen LogP contribution is 2.11. The van der Waals surface area contributed by atoms with E-state index >= 15 is 0 Å². The molecule has 0 bridgehead atoms. The van der Waals surface area contributed by atoms with Gasteiger partial charge in [0.15, 0.2) is 0 Å². The normalized spacial score (nSPS) is 10.9. The molecule has 0 atom stereocenters. The Hall–Kier alpha value is 0.400. The standard InChI is InChI=1S/C24H51NO.BrH/c1-3-5-7-9-11-13-15-17-19-21-23-25-26-24-22-20-18-16-14-12-10-8-6-4-2;/h25H,3-24H2,1-2H3;1H. The lowest BCUT2D eigenvalue weighted by Gasteiger charge is -2.06. The van der Waals surface area contributed by atoms with Gasteiger partial charge >= 0.3 is 0 Å². The maximum absolute atomic E-state index is 5.54. The summed E-state index contributed by atoms with van der Waals surface area (Å²) < 4.78 is 0. The van der Waals surface area contributed by atoms with Crippen molar-refractivity contribution in [1.82, 2.24) is 5.48 Å². The minimum absolute atomic E-state index is 0. The van der Waals surface area contributed by atoms with Crippen molar-refractivity contribution in [3.05, 3.63) is 0 Å². The summed E-state index contributed by atoms with van der Waals surface area (Å²) in [5.74, 6) is 0. The first-order valence-electron chi connectivity index (χ1n) is 12.3. The molecule has 0 aromatic rings. The summed E-state index contributed by atoms with van der Waals surface area (Å²) in [5.41, 5.74) is 3.14. The molecule has 0 aromatic carbocycles. The van der Waals surface area contributed by atoms with Crippen LogP contribution in [0, 0.1) is 0 Å². The fraction of sp³-hybridized carbons (Fsp3) is 1.00. The predicted octanol–water partition coefficient (Wildman–Crippen LogP) is 8.93. The summed E-state index contributed by atoms with van der Waals surface area (Å²) in [6.07, 6.45) is 27.8. The molecular weight excluding hydrogens is 398 g/mol. The van der Waals surface area contributed by atoms with Gasteiger partial charge in [0.05, 0.1) is 6.61 Å². The number of nitrogens with one attached hydrogen (secondary N) is 1. The third-order valence-corrected chi connectivity index (χ3v) is 5.33. The fourth-order valence-corrected chi connectivity index (χ4v) is 3.49. The monoisotopic (exact) mass is 449 g/mol. The molecule has 1 N–H and O–H groups in total. The highest BCUT2D eigenvalue weighted by molar-refractivity contribution is 8.93. The van der Waals surface area contributed by atoms with Crippen molar-refractivity contribution < 1.29 is 4.84 Å². The van der Waals surface area contributed by atoms with Crippen molar-refractivity contribution in [3.8, 4) is 0 Å². The van der Waals surface area contributed by atoms with Gasteiger partial charge in [-0.25, -0.2) is 5.48 Å². The lowest BCUT2D eigenvalue weighted by atomic mass is 10.1. The van der Waals surface area contributed by atoms with E-state index < -0.39 is 0 Å². The Morgan fingerprint density at radius 3 is 1.19 bits per heavy atom. The van der Waals surface area contributed by atoms with Crippen LogP contribution in [-0.2, 0) is 4.84 Å². The molecule has 2 nitrogen and oxygen atoms in total. The van der Waals surface area contributed by atoms with Crippen LogP contribution in [0.25, 0.3) is 0 Å². The van der Waals surface area contributed by atoms with Gasteiger partial charge < -0.3 is 4.84 Å². The SMILES string of the molecule is Br.CCCCCCCCCCCCNOCCCCCCCCCCCC. The molecule has 3 heteroatoms. The number of rotatable bonds is 23. The summed E-state index contributed by atoms with van der Waals surface area (Å²) in [4.78, 5) is 5.54. The number of hydrogen-bond donors (Lipinski definition) is 1. The molecule has 0 radical (unpaired) electrons. The lowest BCUT2D eigenvalue weighted by Crippen LogP contribution is -2.16. The largest absolute Gasteiger partial charge is 0.302 e. The maximum Gasteiger partial charge on any atom is 0.0682 e. The lowest BCUT2D eigenvalue weighted by molar-refractivity contribution is 0.0376. The smallest absolute Gasteiger partial charge is 0.0682 e. The van der Waals surface area contributed by atoms with E-state index in [0.717, 1.165) is 13.2 Å². The second kappa shape index (κ2) is 28.6. The van der Waals surface area contributed by atoms with E-state index in [4.69, 9.17) is 4.84 Å². The van der Waals surface area contributed by atoms with Crippen molar-refractivity contribution in [2.45, 2.75) is 142 Å². The van der Waals surface area contributed by atoms with E-state index in [1.807, 2.05) is 0 Å². The van der Waals surface area contributed by atoms with Crippen molar-refractivity contribution in [2.24, 2.45) is 0 Å². The highest BCUT2D eigenvalue weighted by atomic mass is 79.9. The van der Waals surface area contributed by atoms with Gasteiger partial charge in [0.25, 0.3) is 0 Å². The van der Waals surface area contributed by atoms with Crippen LogP contribution in [0.15, 0.2) is 0 Å². The molecule has 0 rings (SSSR count). The van der Waals surface area contributed by atoms with Gasteiger partial charge in [0, 0.05) is 6.54 Å². The van der Waals surface area contributed by atoms with E-state index in [9.17, 15) is 0 Å². The molecule has 0 aromatic heterocycles. The first-order valence-corrected chi connectivity index (χ1v) is 12.3. The Morgan fingerprint density at radius 1 is 0.444 bits per heavy atom. The second-order valence-corrected chi connectivity index (χ2v) is 8.11.